The summed E-state index contributed by atoms with van der Waals surface area (Å²) in [4.78, 5) is 22.1. The van der Waals surface area contributed by atoms with Crippen molar-refractivity contribution in [2.75, 3.05) is 39.3 Å². The predicted octanol–water partition coefficient (Wildman–Crippen LogP) is 1.89. The highest BCUT2D eigenvalue weighted by Gasteiger charge is 2.26. The summed E-state index contributed by atoms with van der Waals surface area (Å²) in [5, 5.41) is 15.4. The number of rotatable bonds is 5. The van der Waals surface area contributed by atoms with Crippen LogP contribution in [0.5, 0.6) is 0 Å². The Morgan fingerprint density at radius 1 is 1.18 bits per heavy atom. The first-order valence-corrected chi connectivity index (χ1v) is 9.93. The molecule has 2 aromatic heterocycles. The standard InChI is InChI=1S/C19H20FN5O2S/c20-14-3-1-4-15(13-14)25-18(16-5-2-12-28-16)21-17(22-25)19(27)24-8-6-23(7-9-24)10-11-26/h1-5,12-13,26H,6-11H2. The minimum Gasteiger partial charge on any atom is -0.395 e. The molecular weight excluding hydrogens is 381 g/mol. The van der Waals surface area contributed by atoms with Crippen LogP contribution in [0.2, 0.25) is 0 Å². The number of aliphatic hydroxyl groups is 1. The summed E-state index contributed by atoms with van der Waals surface area (Å²) in [6.07, 6.45) is 0. The van der Waals surface area contributed by atoms with E-state index in [9.17, 15) is 9.18 Å². The Bertz CT molecular complexity index is 951. The number of amides is 1. The van der Waals surface area contributed by atoms with Crippen LogP contribution < -0.4 is 0 Å². The van der Waals surface area contributed by atoms with Crippen molar-refractivity contribution in [3.8, 4) is 16.4 Å². The summed E-state index contributed by atoms with van der Waals surface area (Å²) in [7, 11) is 0. The number of carbonyl (C=O) groups excluding carboxylic acids is 1. The molecular formula is C19H20FN5O2S. The summed E-state index contributed by atoms with van der Waals surface area (Å²) in [6.45, 7) is 3.24. The molecule has 0 aliphatic carbocycles. The fourth-order valence-corrected chi connectivity index (χ4v) is 3.91. The Morgan fingerprint density at radius 2 is 2.00 bits per heavy atom. The van der Waals surface area contributed by atoms with Crippen molar-refractivity contribution in [1.82, 2.24) is 24.6 Å². The number of halogens is 1. The summed E-state index contributed by atoms with van der Waals surface area (Å²) >= 11 is 1.48. The smallest absolute Gasteiger partial charge is 0.293 e. The van der Waals surface area contributed by atoms with Gasteiger partial charge in [0, 0.05) is 32.7 Å². The average molecular weight is 401 g/mol. The number of aliphatic hydroxyl groups excluding tert-OH is 1. The van der Waals surface area contributed by atoms with Gasteiger partial charge in [-0.1, -0.05) is 12.1 Å². The minimum atomic E-state index is -0.377. The number of piperazine rings is 1. The highest BCUT2D eigenvalue weighted by molar-refractivity contribution is 7.13. The lowest BCUT2D eigenvalue weighted by Crippen LogP contribution is -2.49. The molecule has 0 atom stereocenters. The SMILES string of the molecule is O=C(c1nc(-c2cccs2)n(-c2cccc(F)c2)n1)N1CCN(CCO)CC1. The van der Waals surface area contributed by atoms with E-state index in [2.05, 4.69) is 15.0 Å². The molecule has 0 unspecified atom stereocenters. The van der Waals surface area contributed by atoms with Crippen molar-refractivity contribution in [1.29, 1.82) is 0 Å². The van der Waals surface area contributed by atoms with Crippen LogP contribution in [-0.2, 0) is 0 Å². The zero-order chi connectivity index (χ0) is 19.5. The zero-order valence-corrected chi connectivity index (χ0v) is 16.0. The highest BCUT2D eigenvalue weighted by atomic mass is 32.1. The molecule has 0 spiro atoms. The minimum absolute atomic E-state index is 0.100. The molecule has 0 radical (unpaired) electrons. The van der Waals surface area contributed by atoms with Crippen LogP contribution in [-0.4, -0.2) is 74.9 Å². The van der Waals surface area contributed by atoms with Crippen LogP contribution in [0.4, 0.5) is 4.39 Å². The third kappa shape index (κ3) is 3.82. The molecule has 0 bridgehead atoms. The van der Waals surface area contributed by atoms with E-state index in [4.69, 9.17) is 5.11 Å². The average Bonchev–Trinajstić information content (AvgIpc) is 3.38. The Kier molecular flexibility index (Phi) is 5.47. The summed E-state index contributed by atoms with van der Waals surface area (Å²) < 4.78 is 15.2. The van der Waals surface area contributed by atoms with E-state index in [0.717, 1.165) is 4.88 Å². The van der Waals surface area contributed by atoms with Crippen molar-refractivity contribution in [3.63, 3.8) is 0 Å². The topological polar surface area (TPSA) is 74.5 Å². The van der Waals surface area contributed by atoms with E-state index >= 15 is 0 Å². The highest BCUT2D eigenvalue weighted by Crippen LogP contribution is 2.26. The van der Waals surface area contributed by atoms with Gasteiger partial charge in [0.25, 0.3) is 5.91 Å². The summed E-state index contributed by atoms with van der Waals surface area (Å²) in [6, 6.07) is 9.86. The van der Waals surface area contributed by atoms with Crippen LogP contribution >= 0.6 is 11.3 Å². The first kappa shape index (κ1) is 18.7. The zero-order valence-electron chi connectivity index (χ0n) is 15.2. The normalized spacial score (nSPS) is 15.1. The predicted molar refractivity (Wildman–Crippen MR) is 104 cm³/mol. The molecule has 3 aromatic rings. The fraction of sp³-hybridized carbons (Fsp3) is 0.316. The Hall–Kier alpha value is -2.62. The Balaban J connectivity index is 1.63. The second kappa shape index (κ2) is 8.17. The van der Waals surface area contributed by atoms with E-state index in [1.807, 2.05) is 17.5 Å². The Morgan fingerprint density at radius 3 is 2.68 bits per heavy atom. The maximum atomic E-state index is 13.7. The van der Waals surface area contributed by atoms with Crippen LogP contribution in [0.1, 0.15) is 10.6 Å². The molecule has 3 heterocycles. The summed E-state index contributed by atoms with van der Waals surface area (Å²) in [5.74, 6) is 0.000699. The van der Waals surface area contributed by atoms with E-state index in [1.54, 1.807) is 17.0 Å². The van der Waals surface area contributed by atoms with Crippen molar-refractivity contribution in [2.24, 2.45) is 0 Å². The second-order valence-electron chi connectivity index (χ2n) is 6.49. The first-order chi connectivity index (χ1) is 13.7. The number of benzene rings is 1. The molecule has 1 saturated heterocycles. The number of β-amino-alcohol motifs (C(OH)–C–C–N with tert-alkyl or cyclic N) is 1. The lowest BCUT2D eigenvalue weighted by atomic mass is 10.3. The largest absolute Gasteiger partial charge is 0.395 e. The van der Waals surface area contributed by atoms with Gasteiger partial charge in [-0.2, -0.15) is 0 Å². The Labute approximate surface area is 165 Å². The molecule has 1 N–H and O–H groups in total. The van der Waals surface area contributed by atoms with E-state index in [1.165, 1.54) is 28.2 Å². The second-order valence-corrected chi connectivity index (χ2v) is 7.43. The third-order valence-corrected chi connectivity index (χ3v) is 5.53. The monoisotopic (exact) mass is 401 g/mol. The lowest BCUT2D eigenvalue weighted by molar-refractivity contribution is 0.0603. The number of aromatic nitrogens is 3. The van der Waals surface area contributed by atoms with E-state index < -0.39 is 0 Å². The summed E-state index contributed by atoms with van der Waals surface area (Å²) in [5.41, 5.74) is 0.516. The molecule has 146 valence electrons. The molecule has 1 fully saturated rings. The van der Waals surface area contributed by atoms with Gasteiger partial charge in [0.2, 0.25) is 5.82 Å². The lowest BCUT2D eigenvalue weighted by Gasteiger charge is -2.33. The van der Waals surface area contributed by atoms with Crippen LogP contribution in [0.15, 0.2) is 41.8 Å². The van der Waals surface area contributed by atoms with Gasteiger partial charge in [-0.3, -0.25) is 9.69 Å². The number of thiophene rings is 1. The number of carbonyl (C=O) groups is 1. The maximum Gasteiger partial charge on any atom is 0.293 e. The molecule has 4 rings (SSSR count). The van der Waals surface area contributed by atoms with Crippen molar-refractivity contribution in [2.45, 2.75) is 0 Å². The molecule has 7 nitrogen and oxygen atoms in total. The van der Waals surface area contributed by atoms with Gasteiger partial charge in [-0.15, -0.1) is 16.4 Å². The number of nitrogens with zero attached hydrogens (tertiary/aromatic N) is 5. The van der Waals surface area contributed by atoms with Crippen molar-refractivity contribution < 1.29 is 14.3 Å². The van der Waals surface area contributed by atoms with Gasteiger partial charge in [-0.05, 0) is 29.6 Å². The molecule has 1 aliphatic heterocycles. The maximum absolute atomic E-state index is 13.7. The van der Waals surface area contributed by atoms with Crippen LogP contribution in [0.25, 0.3) is 16.4 Å². The molecule has 1 aromatic carbocycles. The fourth-order valence-electron chi connectivity index (χ4n) is 3.21. The van der Waals surface area contributed by atoms with Crippen molar-refractivity contribution in [3.05, 3.63) is 53.4 Å². The number of hydrogen-bond donors (Lipinski definition) is 1. The molecule has 9 heteroatoms. The van der Waals surface area contributed by atoms with E-state index in [0.29, 0.717) is 44.2 Å². The van der Waals surface area contributed by atoms with Crippen LogP contribution in [0.3, 0.4) is 0 Å². The van der Waals surface area contributed by atoms with Gasteiger partial charge in [0.1, 0.15) is 5.82 Å². The third-order valence-electron chi connectivity index (χ3n) is 4.67. The number of hydrogen-bond acceptors (Lipinski definition) is 6. The molecule has 0 saturated carbocycles. The van der Waals surface area contributed by atoms with Gasteiger partial charge in [0.05, 0.1) is 17.2 Å². The van der Waals surface area contributed by atoms with Gasteiger partial charge in [-0.25, -0.2) is 14.1 Å². The van der Waals surface area contributed by atoms with Crippen molar-refractivity contribution >= 4 is 17.2 Å². The first-order valence-electron chi connectivity index (χ1n) is 9.05. The molecule has 1 aliphatic rings. The molecule has 28 heavy (non-hydrogen) atoms. The quantitative estimate of drug-likeness (QED) is 0.707. The van der Waals surface area contributed by atoms with Gasteiger partial charge >= 0.3 is 0 Å². The van der Waals surface area contributed by atoms with E-state index in [-0.39, 0.29) is 24.2 Å². The van der Waals surface area contributed by atoms with Crippen LogP contribution in [0, 0.1) is 5.82 Å². The van der Waals surface area contributed by atoms with Gasteiger partial charge < -0.3 is 10.0 Å². The van der Waals surface area contributed by atoms with Gasteiger partial charge in [0.15, 0.2) is 5.82 Å². The molecule has 1 amide bonds.